The summed E-state index contributed by atoms with van der Waals surface area (Å²) in [6.45, 7) is 0. The third-order valence-electron chi connectivity index (χ3n) is 5.22. The van der Waals surface area contributed by atoms with E-state index in [-0.39, 0.29) is 0 Å². The van der Waals surface area contributed by atoms with Crippen molar-refractivity contribution in [3.8, 4) is 0 Å². The Balaban J connectivity index is 2.07. The molecule has 0 saturated heterocycles. The molecule has 0 N–H and O–H groups in total. The fourth-order valence-corrected chi connectivity index (χ4v) is 4.15. The molecule has 0 spiro atoms. The van der Waals surface area contributed by atoms with Gasteiger partial charge in [-0.1, -0.05) is 48.5 Å². The zero-order valence-electron chi connectivity index (χ0n) is 13.5. The molecule has 2 heteroatoms. The molecule has 0 saturated carbocycles. The summed E-state index contributed by atoms with van der Waals surface area (Å²) in [6, 6.07) is 26.0. The Hall–Kier alpha value is -3.39. The van der Waals surface area contributed by atoms with E-state index in [4.69, 9.17) is 4.98 Å². The smallest absolute Gasteiger partial charge is 0.0949 e. The van der Waals surface area contributed by atoms with E-state index in [0.29, 0.717) is 0 Å². The maximum atomic E-state index is 4.70. The van der Waals surface area contributed by atoms with Gasteiger partial charge in [-0.2, -0.15) is 0 Å². The molecule has 6 rings (SSSR count). The lowest BCUT2D eigenvalue weighted by Gasteiger charge is -2.13. The van der Waals surface area contributed by atoms with Crippen LogP contribution in [0.1, 0.15) is 0 Å². The largest absolute Gasteiger partial charge is 0.314 e. The molecule has 0 aliphatic carbocycles. The van der Waals surface area contributed by atoms with Crippen LogP contribution in [0.25, 0.3) is 48.9 Å². The van der Waals surface area contributed by atoms with Crippen molar-refractivity contribution in [2.45, 2.75) is 0 Å². The molecular weight excluding hydrogens is 304 g/mol. The van der Waals surface area contributed by atoms with Crippen molar-refractivity contribution in [1.82, 2.24) is 9.38 Å². The summed E-state index contributed by atoms with van der Waals surface area (Å²) in [4.78, 5) is 4.70. The summed E-state index contributed by atoms with van der Waals surface area (Å²) < 4.78 is 2.26. The molecule has 0 fully saturated rings. The second-order valence-electron chi connectivity index (χ2n) is 6.51. The Morgan fingerprint density at radius 3 is 2.44 bits per heavy atom. The highest BCUT2D eigenvalue weighted by molar-refractivity contribution is 6.28. The van der Waals surface area contributed by atoms with Gasteiger partial charge in [0.25, 0.3) is 0 Å². The molecule has 0 aliphatic rings. The van der Waals surface area contributed by atoms with E-state index in [0.717, 1.165) is 11.0 Å². The van der Waals surface area contributed by atoms with Crippen LogP contribution in [0.15, 0.2) is 85.2 Å². The van der Waals surface area contributed by atoms with Crippen LogP contribution < -0.4 is 0 Å². The van der Waals surface area contributed by atoms with Crippen molar-refractivity contribution < 1.29 is 0 Å². The minimum absolute atomic E-state index is 1.06. The summed E-state index contributed by atoms with van der Waals surface area (Å²) >= 11 is 0. The molecule has 3 aromatic carbocycles. The van der Waals surface area contributed by atoms with Crippen LogP contribution in [0, 0.1) is 0 Å². The monoisotopic (exact) mass is 318 g/mol. The molecule has 0 aliphatic heterocycles. The summed E-state index contributed by atoms with van der Waals surface area (Å²) in [6.07, 6.45) is 4.01. The Labute approximate surface area is 143 Å². The maximum absolute atomic E-state index is 4.70. The Morgan fingerprint density at radius 1 is 0.600 bits per heavy atom. The van der Waals surface area contributed by atoms with Gasteiger partial charge < -0.3 is 4.40 Å². The highest BCUT2D eigenvalue weighted by atomic mass is 14.9. The van der Waals surface area contributed by atoms with Crippen molar-refractivity contribution >= 4 is 48.9 Å². The maximum Gasteiger partial charge on any atom is 0.0949 e. The molecule has 0 unspecified atom stereocenters. The first-order valence-electron chi connectivity index (χ1n) is 8.50. The average molecular weight is 318 g/mol. The third-order valence-corrected chi connectivity index (χ3v) is 5.22. The van der Waals surface area contributed by atoms with Gasteiger partial charge in [-0.25, -0.2) is 0 Å². The number of pyridine rings is 2. The lowest BCUT2D eigenvalue weighted by atomic mass is 9.96. The number of nitrogens with zero attached hydrogens (tertiary/aromatic N) is 2. The number of hydrogen-bond donors (Lipinski definition) is 0. The fraction of sp³-hybridized carbons (Fsp3) is 0. The van der Waals surface area contributed by atoms with Crippen LogP contribution in [0.2, 0.25) is 0 Å². The quantitative estimate of drug-likeness (QED) is 0.316. The first-order chi connectivity index (χ1) is 12.4. The predicted molar refractivity (Wildman–Crippen MR) is 105 cm³/mol. The van der Waals surface area contributed by atoms with Gasteiger partial charge in [-0.3, -0.25) is 4.98 Å². The molecule has 0 radical (unpaired) electrons. The Morgan fingerprint density at radius 2 is 1.44 bits per heavy atom. The molecule has 25 heavy (non-hydrogen) atoms. The minimum Gasteiger partial charge on any atom is -0.314 e. The molecular formula is C23H14N2. The normalized spacial score (nSPS) is 12.0. The second-order valence-corrected chi connectivity index (χ2v) is 6.51. The first-order valence-corrected chi connectivity index (χ1v) is 8.50. The van der Waals surface area contributed by atoms with E-state index in [1.165, 1.54) is 37.8 Å². The van der Waals surface area contributed by atoms with Crippen molar-refractivity contribution in [2.24, 2.45) is 0 Å². The van der Waals surface area contributed by atoms with E-state index in [2.05, 4.69) is 77.3 Å². The van der Waals surface area contributed by atoms with Gasteiger partial charge in [0.1, 0.15) is 0 Å². The standard InChI is InChI=1S/C23H14N2/c1-2-6-17-15(5-1)9-10-16-11-12-19-22(21(16)17)18-7-3-13-24-23(18)20-8-4-14-25(19)20/h1-14H. The molecule has 116 valence electrons. The fourth-order valence-electron chi connectivity index (χ4n) is 4.15. The Kier molecular flexibility index (Phi) is 2.37. The zero-order valence-corrected chi connectivity index (χ0v) is 13.5. The molecule has 6 aromatic rings. The van der Waals surface area contributed by atoms with E-state index in [9.17, 15) is 0 Å². The molecule has 3 aromatic heterocycles. The number of aromatic nitrogens is 2. The molecule has 0 atom stereocenters. The minimum atomic E-state index is 1.06. The van der Waals surface area contributed by atoms with E-state index < -0.39 is 0 Å². The van der Waals surface area contributed by atoms with Gasteiger partial charge in [-0.15, -0.1) is 0 Å². The lowest BCUT2D eigenvalue weighted by molar-refractivity contribution is 1.27. The summed E-state index contributed by atoms with van der Waals surface area (Å²) in [5.74, 6) is 0. The number of hydrogen-bond acceptors (Lipinski definition) is 1. The number of rotatable bonds is 0. The van der Waals surface area contributed by atoms with Crippen LogP contribution in [0.3, 0.4) is 0 Å². The van der Waals surface area contributed by atoms with Gasteiger partial charge in [0.15, 0.2) is 0 Å². The van der Waals surface area contributed by atoms with E-state index in [1.807, 2.05) is 12.3 Å². The van der Waals surface area contributed by atoms with Gasteiger partial charge >= 0.3 is 0 Å². The topological polar surface area (TPSA) is 17.3 Å². The SMILES string of the molecule is c1ccc2c(c1)ccc1ccc3c(c4cccnc4c4cccn43)c12. The zero-order chi connectivity index (χ0) is 16.4. The number of benzene rings is 3. The molecule has 0 amide bonds. The van der Waals surface area contributed by atoms with Crippen molar-refractivity contribution in [2.75, 3.05) is 0 Å². The summed E-state index contributed by atoms with van der Waals surface area (Å²) in [5.41, 5.74) is 3.44. The predicted octanol–water partition coefficient (Wildman–Crippen LogP) is 5.95. The molecule has 2 nitrogen and oxygen atoms in total. The summed E-state index contributed by atoms with van der Waals surface area (Å²) in [5, 5.41) is 7.63. The molecule has 0 bridgehead atoms. The van der Waals surface area contributed by atoms with Crippen molar-refractivity contribution in [1.29, 1.82) is 0 Å². The van der Waals surface area contributed by atoms with Crippen LogP contribution in [0.4, 0.5) is 0 Å². The van der Waals surface area contributed by atoms with Gasteiger partial charge in [0, 0.05) is 23.2 Å². The van der Waals surface area contributed by atoms with E-state index >= 15 is 0 Å². The van der Waals surface area contributed by atoms with Crippen molar-refractivity contribution in [3.63, 3.8) is 0 Å². The average Bonchev–Trinajstić information content (AvgIpc) is 3.17. The van der Waals surface area contributed by atoms with E-state index in [1.54, 1.807) is 0 Å². The third kappa shape index (κ3) is 1.61. The van der Waals surface area contributed by atoms with Crippen LogP contribution in [0.5, 0.6) is 0 Å². The lowest BCUT2D eigenvalue weighted by Crippen LogP contribution is -1.92. The Bertz CT molecular complexity index is 1440. The highest BCUT2D eigenvalue weighted by Gasteiger charge is 2.13. The van der Waals surface area contributed by atoms with Crippen LogP contribution in [-0.4, -0.2) is 9.38 Å². The van der Waals surface area contributed by atoms with Gasteiger partial charge in [-0.05, 0) is 45.8 Å². The van der Waals surface area contributed by atoms with Crippen molar-refractivity contribution in [3.05, 3.63) is 85.2 Å². The summed E-state index contributed by atoms with van der Waals surface area (Å²) in [7, 11) is 0. The van der Waals surface area contributed by atoms with Gasteiger partial charge in [0.05, 0.1) is 16.6 Å². The van der Waals surface area contributed by atoms with Crippen LogP contribution in [-0.2, 0) is 0 Å². The second kappa shape index (κ2) is 4.58. The van der Waals surface area contributed by atoms with Crippen LogP contribution >= 0.6 is 0 Å². The molecule has 3 heterocycles. The van der Waals surface area contributed by atoms with Gasteiger partial charge in [0.2, 0.25) is 0 Å². The first kappa shape index (κ1) is 13.0. The number of fused-ring (bicyclic) bond motifs is 10. The highest BCUT2D eigenvalue weighted by Crippen LogP contribution is 2.37.